The molecule has 1 aromatic rings. The standard InChI is InChI=1S/C13H17FN2O/c1-10-3-4-13(12(14)9-10)16-7-5-15(6-8-16)11(2)17/h3-4,9H,5-8H2,1-2H3. The van der Waals surface area contributed by atoms with Crippen LogP contribution >= 0.6 is 0 Å². The van der Waals surface area contributed by atoms with E-state index < -0.39 is 0 Å². The highest BCUT2D eigenvalue weighted by molar-refractivity contribution is 5.73. The van der Waals surface area contributed by atoms with Gasteiger partial charge in [0, 0.05) is 33.1 Å². The van der Waals surface area contributed by atoms with Crippen LogP contribution in [0.3, 0.4) is 0 Å². The molecule has 0 spiro atoms. The Morgan fingerprint density at radius 2 is 1.88 bits per heavy atom. The summed E-state index contributed by atoms with van der Waals surface area (Å²) < 4.78 is 13.8. The number of rotatable bonds is 1. The van der Waals surface area contributed by atoms with E-state index in [9.17, 15) is 9.18 Å². The summed E-state index contributed by atoms with van der Waals surface area (Å²) >= 11 is 0. The summed E-state index contributed by atoms with van der Waals surface area (Å²) in [6, 6.07) is 5.27. The van der Waals surface area contributed by atoms with Crippen LogP contribution in [0.1, 0.15) is 12.5 Å². The summed E-state index contributed by atoms with van der Waals surface area (Å²) in [4.78, 5) is 15.0. The number of hydrogen-bond acceptors (Lipinski definition) is 2. The first-order chi connectivity index (χ1) is 8.08. The fraction of sp³-hybridized carbons (Fsp3) is 0.462. The molecule has 0 aliphatic carbocycles. The van der Waals surface area contributed by atoms with Gasteiger partial charge < -0.3 is 9.80 Å². The van der Waals surface area contributed by atoms with Crippen molar-refractivity contribution in [3.05, 3.63) is 29.6 Å². The Labute approximate surface area is 101 Å². The number of anilines is 1. The lowest BCUT2D eigenvalue weighted by molar-refractivity contribution is -0.129. The molecule has 1 aliphatic rings. The lowest BCUT2D eigenvalue weighted by Crippen LogP contribution is -2.48. The zero-order valence-electron chi connectivity index (χ0n) is 10.2. The molecule has 1 heterocycles. The topological polar surface area (TPSA) is 23.6 Å². The first-order valence-corrected chi connectivity index (χ1v) is 5.84. The molecular weight excluding hydrogens is 219 g/mol. The molecule has 0 atom stereocenters. The summed E-state index contributed by atoms with van der Waals surface area (Å²) in [5.41, 5.74) is 1.56. The van der Waals surface area contributed by atoms with Crippen molar-refractivity contribution >= 4 is 11.6 Å². The molecule has 0 aromatic heterocycles. The van der Waals surface area contributed by atoms with E-state index in [2.05, 4.69) is 0 Å². The van der Waals surface area contributed by atoms with E-state index in [4.69, 9.17) is 0 Å². The van der Waals surface area contributed by atoms with Gasteiger partial charge in [0.25, 0.3) is 0 Å². The quantitative estimate of drug-likeness (QED) is 0.742. The van der Waals surface area contributed by atoms with Crippen LogP contribution in [0.2, 0.25) is 0 Å². The zero-order chi connectivity index (χ0) is 12.4. The molecule has 2 rings (SSSR count). The van der Waals surface area contributed by atoms with Gasteiger partial charge in [-0.15, -0.1) is 0 Å². The lowest BCUT2D eigenvalue weighted by atomic mass is 10.2. The van der Waals surface area contributed by atoms with E-state index >= 15 is 0 Å². The van der Waals surface area contributed by atoms with E-state index in [1.165, 1.54) is 0 Å². The number of carbonyl (C=O) groups excluding carboxylic acids is 1. The minimum Gasteiger partial charge on any atom is -0.366 e. The second-order valence-electron chi connectivity index (χ2n) is 4.45. The van der Waals surface area contributed by atoms with Gasteiger partial charge in [0.2, 0.25) is 5.91 Å². The summed E-state index contributed by atoms with van der Waals surface area (Å²) in [5.74, 6) is -0.0877. The predicted octanol–water partition coefficient (Wildman–Crippen LogP) is 1.80. The van der Waals surface area contributed by atoms with E-state index in [1.807, 2.05) is 24.0 Å². The molecule has 1 aromatic carbocycles. The third kappa shape index (κ3) is 2.57. The first-order valence-electron chi connectivity index (χ1n) is 5.84. The Bertz CT molecular complexity index is 425. The van der Waals surface area contributed by atoms with Gasteiger partial charge >= 0.3 is 0 Å². The number of halogens is 1. The largest absolute Gasteiger partial charge is 0.366 e. The number of benzene rings is 1. The minimum absolute atomic E-state index is 0.0917. The van der Waals surface area contributed by atoms with Crippen LogP contribution < -0.4 is 4.90 Å². The van der Waals surface area contributed by atoms with Crippen molar-refractivity contribution in [3.63, 3.8) is 0 Å². The average Bonchev–Trinajstić information content (AvgIpc) is 2.29. The Kier molecular flexibility index (Phi) is 3.31. The van der Waals surface area contributed by atoms with Crippen molar-refractivity contribution in [3.8, 4) is 0 Å². The number of piperazine rings is 1. The molecule has 17 heavy (non-hydrogen) atoms. The molecule has 0 unspecified atom stereocenters. The summed E-state index contributed by atoms with van der Waals surface area (Å²) in [6.07, 6.45) is 0. The van der Waals surface area contributed by atoms with Crippen LogP contribution in [0.4, 0.5) is 10.1 Å². The highest BCUT2D eigenvalue weighted by atomic mass is 19.1. The molecule has 3 nitrogen and oxygen atoms in total. The number of aryl methyl sites for hydroxylation is 1. The van der Waals surface area contributed by atoms with Crippen molar-refractivity contribution in [2.45, 2.75) is 13.8 Å². The van der Waals surface area contributed by atoms with Gasteiger partial charge in [-0.25, -0.2) is 4.39 Å². The fourth-order valence-corrected chi connectivity index (χ4v) is 2.13. The Morgan fingerprint density at radius 1 is 1.24 bits per heavy atom. The van der Waals surface area contributed by atoms with Crippen molar-refractivity contribution in [1.82, 2.24) is 4.90 Å². The molecule has 92 valence electrons. The van der Waals surface area contributed by atoms with Crippen LogP contribution in [0.25, 0.3) is 0 Å². The summed E-state index contributed by atoms with van der Waals surface area (Å²) in [6.45, 7) is 6.17. The second kappa shape index (κ2) is 4.73. The molecule has 1 amide bonds. The average molecular weight is 236 g/mol. The third-order valence-electron chi connectivity index (χ3n) is 3.17. The van der Waals surface area contributed by atoms with Crippen LogP contribution in [-0.2, 0) is 4.79 Å². The van der Waals surface area contributed by atoms with Crippen molar-refractivity contribution in [1.29, 1.82) is 0 Å². The van der Waals surface area contributed by atoms with Crippen LogP contribution in [0, 0.1) is 12.7 Å². The lowest BCUT2D eigenvalue weighted by Gasteiger charge is -2.35. The minimum atomic E-state index is -0.179. The number of amides is 1. The van der Waals surface area contributed by atoms with Gasteiger partial charge in [0.05, 0.1) is 5.69 Å². The summed E-state index contributed by atoms with van der Waals surface area (Å²) in [5, 5.41) is 0. The van der Waals surface area contributed by atoms with Crippen molar-refractivity contribution in [2.24, 2.45) is 0 Å². The smallest absolute Gasteiger partial charge is 0.219 e. The Morgan fingerprint density at radius 3 is 2.41 bits per heavy atom. The van der Waals surface area contributed by atoms with E-state index in [-0.39, 0.29) is 11.7 Å². The third-order valence-corrected chi connectivity index (χ3v) is 3.17. The van der Waals surface area contributed by atoms with Gasteiger partial charge in [-0.2, -0.15) is 0 Å². The number of hydrogen-bond donors (Lipinski definition) is 0. The highest BCUT2D eigenvalue weighted by Gasteiger charge is 2.20. The van der Waals surface area contributed by atoms with Crippen molar-refractivity contribution in [2.75, 3.05) is 31.1 Å². The second-order valence-corrected chi connectivity index (χ2v) is 4.45. The number of nitrogens with zero attached hydrogens (tertiary/aromatic N) is 2. The van der Waals surface area contributed by atoms with Crippen LogP contribution in [0.5, 0.6) is 0 Å². The SMILES string of the molecule is CC(=O)N1CCN(c2ccc(C)cc2F)CC1. The van der Waals surface area contributed by atoms with E-state index in [0.29, 0.717) is 31.9 Å². The molecule has 0 radical (unpaired) electrons. The molecule has 1 saturated heterocycles. The molecule has 1 fully saturated rings. The van der Waals surface area contributed by atoms with Gasteiger partial charge in [0.15, 0.2) is 0 Å². The van der Waals surface area contributed by atoms with Gasteiger partial charge in [-0.3, -0.25) is 4.79 Å². The van der Waals surface area contributed by atoms with Crippen molar-refractivity contribution < 1.29 is 9.18 Å². The van der Waals surface area contributed by atoms with Gasteiger partial charge in [-0.05, 0) is 24.6 Å². The van der Waals surface area contributed by atoms with Gasteiger partial charge in [-0.1, -0.05) is 6.07 Å². The molecular formula is C13H17FN2O. The number of carbonyl (C=O) groups is 1. The molecule has 1 aliphatic heterocycles. The fourth-order valence-electron chi connectivity index (χ4n) is 2.13. The maximum atomic E-state index is 13.8. The Balaban J connectivity index is 2.08. The molecule has 4 heteroatoms. The van der Waals surface area contributed by atoms with Gasteiger partial charge in [0.1, 0.15) is 5.82 Å². The maximum absolute atomic E-state index is 13.8. The monoisotopic (exact) mass is 236 g/mol. The molecule has 0 bridgehead atoms. The maximum Gasteiger partial charge on any atom is 0.219 e. The summed E-state index contributed by atoms with van der Waals surface area (Å²) in [7, 11) is 0. The molecule has 0 saturated carbocycles. The van der Waals surface area contributed by atoms with Crippen LogP contribution in [0.15, 0.2) is 18.2 Å². The van der Waals surface area contributed by atoms with E-state index in [1.54, 1.807) is 17.9 Å². The molecule has 0 N–H and O–H groups in total. The first kappa shape index (κ1) is 11.9. The normalized spacial score (nSPS) is 16.2. The Hall–Kier alpha value is -1.58. The van der Waals surface area contributed by atoms with E-state index in [0.717, 1.165) is 5.56 Å². The van der Waals surface area contributed by atoms with Crippen LogP contribution in [-0.4, -0.2) is 37.0 Å². The highest BCUT2D eigenvalue weighted by Crippen LogP contribution is 2.21. The predicted molar refractivity (Wildman–Crippen MR) is 65.6 cm³/mol. The zero-order valence-corrected chi connectivity index (χ0v) is 10.2.